The average Bonchev–Trinajstić information content (AvgIpc) is 2.14. The molecule has 0 radical (unpaired) electrons. The van der Waals surface area contributed by atoms with Crippen molar-refractivity contribution in [1.82, 2.24) is 0 Å². The Labute approximate surface area is 51.9 Å². The second-order valence-corrected chi connectivity index (χ2v) is 1.81. The molecule has 42 valence electrons. The quantitative estimate of drug-likeness (QED) is 0.457. The molecule has 1 rings (SSSR count). The Balaban J connectivity index is 3.09. The number of carbonyl (C=O) groups is 1. The van der Waals surface area contributed by atoms with Gasteiger partial charge in [-0.15, -0.1) is 12.6 Å². The van der Waals surface area contributed by atoms with Crippen molar-refractivity contribution in [2.24, 2.45) is 0 Å². The topological polar surface area (TPSA) is 30.2 Å². The van der Waals surface area contributed by atoms with E-state index in [0.29, 0.717) is 16.7 Å². The number of rotatable bonds is 1. The van der Waals surface area contributed by atoms with Crippen molar-refractivity contribution in [3.8, 4) is 0 Å². The van der Waals surface area contributed by atoms with E-state index in [9.17, 15) is 4.79 Å². The van der Waals surface area contributed by atoms with Crippen molar-refractivity contribution in [2.45, 2.75) is 4.90 Å². The van der Waals surface area contributed by atoms with Gasteiger partial charge in [-0.2, -0.15) is 0 Å². The molecule has 1 heterocycles. The standard InChI is InChI=1S/C5H4O2S/c6-1-4-2-7-3-5(4)8/h1-3,8H. The van der Waals surface area contributed by atoms with E-state index in [1.54, 1.807) is 0 Å². The van der Waals surface area contributed by atoms with E-state index in [1.807, 2.05) is 0 Å². The van der Waals surface area contributed by atoms with E-state index in [-0.39, 0.29) is 0 Å². The van der Waals surface area contributed by atoms with Gasteiger partial charge in [-0.25, -0.2) is 0 Å². The first-order valence-corrected chi connectivity index (χ1v) is 2.49. The number of hydrogen-bond acceptors (Lipinski definition) is 3. The lowest BCUT2D eigenvalue weighted by molar-refractivity contribution is 0.112. The molecule has 1 aromatic heterocycles. The summed E-state index contributed by atoms with van der Waals surface area (Å²) in [5, 5.41) is 0. The van der Waals surface area contributed by atoms with E-state index in [2.05, 4.69) is 17.0 Å². The highest BCUT2D eigenvalue weighted by Gasteiger charge is 1.95. The van der Waals surface area contributed by atoms with Crippen molar-refractivity contribution < 1.29 is 9.21 Å². The SMILES string of the molecule is O=Cc1cocc1S. The molecule has 0 atom stereocenters. The lowest BCUT2D eigenvalue weighted by Crippen LogP contribution is -1.70. The maximum Gasteiger partial charge on any atom is 0.154 e. The van der Waals surface area contributed by atoms with Gasteiger partial charge in [0, 0.05) is 0 Å². The molecule has 2 nitrogen and oxygen atoms in total. The Hall–Kier alpha value is -0.700. The fraction of sp³-hybridized carbons (Fsp3) is 0. The highest BCUT2D eigenvalue weighted by molar-refractivity contribution is 7.80. The van der Waals surface area contributed by atoms with Crippen LogP contribution in [0, 0.1) is 0 Å². The number of hydrogen-bond donors (Lipinski definition) is 1. The van der Waals surface area contributed by atoms with Gasteiger partial charge in [0.1, 0.15) is 12.5 Å². The largest absolute Gasteiger partial charge is 0.471 e. The van der Waals surface area contributed by atoms with Gasteiger partial charge in [0.05, 0.1) is 10.5 Å². The molecule has 0 spiro atoms. The Morgan fingerprint density at radius 3 is 2.62 bits per heavy atom. The molecular weight excluding hydrogens is 124 g/mol. The van der Waals surface area contributed by atoms with Gasteiger partial charge >= 0.3 is 0 Å². The molecule has 0 amide bonds. The van der Waals surface area contributed by atoms with E-state index in [4.69, 9.17) is 0 Å². The Morgan fingerprint density at radius 2 is 2.38 bits per heavy atom. The number of aldehydes is 1. The number of furan rings is 1. The van der Waals surface area contributed by atoms with E-state index >= 15 is 0 Å². The Bertz CT molecular complexity index is 192. The van der Waals surface area contributed by atoms with Crippen LogP contribution in [0.1, 0.15) is 10.4 Å². The fourth-order valence-electron chi connectivity index (χ4n) is 0.388. The Morgan fingerprint density at radius 1 is 1.62 bits per heavy atom. The first-order valence-electron chi connectivity index (χ1n) is 2.05. The van der Waals surface area contributed by atoms with Gasteiger partial charge < -0.3 is 4.42 Å². The van der Waals surface area contributed by atoms with Gasteiger partial charge in [-0.3, -0.25) is 4.79 Å². The maximum atomic E-state index is 9.98. The normalized spacial score (nSPS) is 9.12. The second kappa shape index (κ2) is 2.05. The summed E-state index contributed by atoms with van der Waals surface area (Å²) in [7, 11) is 0. The zero-order chi connectivity index (χ0) is 5.98. The monoisotopic (exact) mass is 128 g/mol. The zero-order valence-electron chi connectivity index (χ0n) is 4.00. The van der Waals surface area contributed by atoms with Gasteiger partial charge in [0.25, 0.3) is 0 Å². The minimum absolute atomic E-state index is 0.494. The van der Waals surface area contributed by atoms with Gasteiger partial charge in [0.15, 0.2) is 6.29 Å². The average molecular weight is 128 g/mol. The molecule has 0 bridgehead atoms. The van der Waals surface area contributed by atoms with Crippen LogP contribution in [0.25, 0.3) is 0 Å². The molecule has 0 aliphatic rings. The molecule has 0 aliphatic carbocycles. The van der Waals surface area contributed by atoms with Gasteiger partial charge in [0.2, 0.25) is 0 Å². The highest BCUT2D eigenvalue weighted by atomic mass is 32.1. The van der Waals surface area contributed by atoms with Crippen molar-refractivity contribution in [3.05, 3.63) is 18.1 Å². The van der Waals surface area contributed by atoms with Crippen molar-refractivity contribution >= 4 is 18.9 Å². The summed E-state index contributed by atoms with van der Waals surface area (Å²) in [5.74, 6) is 0. The minimum atomic E-state index is 0.494. The third-order valence-corrected chi connectivity index (χ3v) is 1.16. The van der Waals surface area contributed by atoms with Crippen LogP contribution >= 0.6 is 12.6 Å². The maximum absolute atomic E-state index is 9.98. The van der Waals surface area contributed by atoms with E-state index < -0.39 is 0 Å². The molecule has 0 fully saturated rings. The first-order chi connectivity index (χ1) is 3.84. The molecule has 0 saturated carbocycles. The summed E-state index contributed by atoms with van der Waals surface area (Å²) in [6.07, 6.45) is 3.47. The number of thiol groups is 1. The Kier molecular flexibility index (Phi) is 1.39. The molecule has 0 unspecified atom stereocenters. The molecule has 3 heteroatoms. The summed E-state index contributed by atoms with van der Waals surface area (Å²) in [5.41, 5.74) is 0.494. The second-order valence-electron chi connectivity index (χ2n) is 1.33. The molecule has 0 aromatic carbocycles. The summed E-state index contributed by atoms with van der Waals surface area (Å²) in [6, 6.07) is 0. The molecular formula is C5H4O2S. The molecule has 1 aromatic rings. The molecule has 0 saturated heterocycles. The third kappa shape index (κ3) is 0.767. The van der Waals surface area contributed by atoms with Crippen LogP contribution in [0.4, 0.5) is 0 Å². The van der Waals surface area contributed by atoms with Crippen LogP contribution in [0.2, 0.25) is 0 Å². The first kappa shape index (κ1) is 5.44. The molecule has 0 aliphatic heterocycles. The number of carbonyl (C=O) groups excluding carboxylic acids is 1. The summed E-state index contributed by atoms with van der Waals surface area (Å²) in [4.78, 5) is 10.6. The van der Waals surface area contributed by atoms with Gasteiger partial charge in [-0.1, -0.05) is 0 Å². The van der Waals surface area contributed by atoms with Gasteiger partial charge in [-0.05, 0) is 0 Å². The zero-order valence-corrected chi connectivity index (χ0v) is 4.89. The smallest absolute Gasteiger partial charge is 0.154 e. The van der Waals surface area contributed by atoms with Crippen LogP contribution in [0.15, 0.2) is 21.8 Å². The minimum Gasteiger partial charge on any atom is -0.471 e. The predicted molar refractivity (Wildman–Crippen MR) is 31.3 cm³/mol. The summed E-state index contributed by atoms with van der Waals surface area (Å²) >= 11 is 3.90. The van der Waals surface area contributed by atoms with E-state index in [1.165, 1.54) is 12.5 Å². The fourth-order valence-corrected chi connectivity index (χ4v) is 0.555. The van der Waals surface area contributed by atoms with Crippen molar-refractivity contribution in [3.63, 3.8) is 0 Å². The lowest BCUT2D eigenvalue weighted by atomic mass is 10.4. The predicted octanol–water partition coefficient (Wildman–Crippen LogP) is 1.38. The van der Waals surface area contributed by atoms with Crippen LogP contribution in [-0.2, 0) is 0 Å². The summed E-state index contributed by atoms with van der Waals surface area (Å²) in [6.45, 7) is 0. The van der Waals surface area contributed by atoms with Crippen molar-refractivity contribution in [2.75, 3.05) is 0 Å². The molecule has 8 heavy (non-hydrogen) atoms. The molecule has 0 N–H and O–H groups in total. The lowest BCUT2D eigenvalue weighted by Gasteiger charge is -1.75. The highest BCUT2D eigenvalue weighted by Crippen LogP contribution is 2.10. The van der Waals surface area contributed by atoms with Crippen LogP contribution in [-0.4, -0.2) is 6.29 Å². The summed E-state index contributed by atoms with van der Waals surface area (Å²) < 4.78 is 4.63. The van der Waals surface area contributed by atoms with Crippen LogP contribution < -0.4 is 0 Å². The third-order valence-electron chi connectivity index (χ3n) is 0.797. The van der Waals surface area contributed by atoms with E-state index in [0.717, 1.165) is 0 Å². The van der Waals surface area contributed by atoms with Crippen LogP contribution in [0.3, 0.4) is 0 Å². The van der Waals surface area contributed by atoms with Crippen LogP contribution in [0.5, 0.6) is 0 Å². The van der Waals surface area contributed by atoms with Crippen molar-refractivity contribution in [1.29, 1.82) is 0 Å².